The summed E-state index contributed by atoms with van der Waals surface area (Å²) in [7, 11) is 1.61. The van der Waals surface area contributed by atoms with Crippen molar-refractivity contribution in [3.63, 3.8) is 0 Å². The molecule has 1 unspecified atom stereocenters. The van der Waals surface area contributed by atoms with Crippen molar-refractivity contribution in [2.75, 3.05) is 7.11 Å². The van der Waals surface area contributed by atoms with E-state index in [1.54, 1.807) is 13.4 Å². The van der Waals surface area contributed by atoms with E-state index in [2.05, 4.69) is 15.1 Å². The van der Waals surface area contributed by atoms with Crippen LogP contribution in [0.5, 0.6) is 5.75 Å². The lowest BCUT2D eigenvalue weighted by Gasteiger charge is -2.25. The predicted molar refractivity (Wildman–Crippen MR) is 106 cm³/mol. The maximum atomic E-state index is 13.0. The van der Waals surface area contributed by atoms with Crippen LogP contribution in [0.15, 0.2) is 59.4 Å². The minimum Gasteiger partial charge on any atom is -0.497 e. The van der Waals surface area contributed by atoms with E-state index >= 15 is 0 Å². The molecule has 1 aliphatic heterocycles. The molecule has 1 aliphatic rings. The number of benzene rings is 2. The molecule has 164 valence electrons. The number of halogens is 3. The average molecular weight is 442 g/mol. The second-order valence-electron chi connectivity index (χ2n) is 7.27. The molecule has 0 bridgehead atoms. The summed E-state index contributed by atoms with van der Waals surface area (Å²) < 4.78 is 57.4. The van der Waals surface area contributed by atoms with Crippen LogP contribution in [-0.2, 0) is 24.1 Å². The highest BCUT2D eigenvalue weighted by molar-refractivity contribution is 5.60. The molecule has 0 aliphatic carbocycles. The van der Waals surface area contributed by atoms with Gasteiger partial charge in [0, 0.05) is 5.56 Å². The molecule has 7 nitrogen and oxygen atoms in total. The molecule has 0 spiro atoms. The summed E-state index contributed by atoms with van der Waals surface area (Å²) in [5, 5.41) is 3.84. The van der Waals surface area contributed by atoms with Gasteiger partial charge in [-0.05, 0) is 29.8 Å². The molecule has 0 amide bonds. The fourth-order valence-corrected chi connectivity index (χ4v) is 3.60. The van der Waals surface area contributed by atoms with E-state index in [1.807, 2.05) is 28.8 Å². The van der Waals surface area contributed by atoms with Crippen LogP contribution in [0, 0.1) is 0 Å². The molecule has 0 saturated heterocycles. The van der Waals surface area contributed by atoms with Gasteiger partial charge in [0.25, 0.3) is 5.89 Å². The maximum absolute atomic E-state index is 13.0. The van der Waals surface area contributed by atoms with Crippen LogP contribution in [0.3, 0.4) is 0 Å². The third-order valence-electron chi connectivity index (χ3n) is 5.29. The first kappa shape index (κ1) is 20.3. The van der Waals surface area contributed by atoms with Crippen molar-refractivity contribution in [2.45, 2.75) is 25.4 Å². The Hall–Kier alpha value is -3.66. The van der Waals surface area contributed by atoms with Crippen LogP contribution in [0.4, 0.5) is 13.2 Å². The molecule has 1 atom stereocenters. The van der Waals surface area contributed by atoms with Crippen molar-refractivity contribution in [1.82, 2.24) is 19.7 Å². The third-order valence-corrected chi connectivity index (χ3v) is 5.29. The number of hydrogen-bond donors (Lipinski definition) is 0. The molecule has 0 fully saturated rings. The molecule has 0 N–H and O–H groups in total. The minimum atomic E-state index is -4.46. The van der Waals surface area contributed by atoms with Crippen LogP contribution in [-0.4, -0.2) is 26.8 Å². The Balaban J connectivity index is 1.38. The van der Waals surface area contributed by atoms with Crippen molar-refractivity contribution in [1.29, 1.82) is 0 Å². The van der Waals surface area contributed by atoms with Gasteiger partial charge in [0.15, 0.2) is 5.69 Å². The van der Waals surface area contributed by atoms with Gasteiger partial charge in [-0.2, -0.15) is 18.2 Å². The number of alkyl halides is 3. The van der Waals surface area contributed by atoms with Crippen molar-refractivity contribution in [2.24, 2.45) is 0 Å². The van der Waals surface area contributed by atoms with E-state index in [4.69, 9.17) is 14.0 Å². The smallest absolute Gasteiger partial charge is 0.416 e. The molecule has 5 rings (SSSR count). The Morgan fingerprint density at radius 3 is 2.69 bits per heavy atom. The molecule has 2 aromatic heterocycles. The summed E-state index contributed by atoms with van der Waals surface area (Å²) >= 11 is 0. The van der Waals surface area contributed by atoms with Gasteiger partial charge in [-0.3, -0.25) is 0 Å². The zero-order valence-corrected chi connectivity index (χ0v) is 16.8. The molecule has 2 aromatic carbocycles. The first-order valence-corrected chi connectivity index (χ1v) is 9.73. The highest BCUT2D eigenvalue weighted by atomic mass is 19.4. The second kappa shape index (κ2) is 7.79. The lowest BCUT2D eigenvalue weighted by molar-refractivity contribution is -0.137. The van der Waals surface area contributed by atoms with Crippen molar-refractivity contribution in [3.05, 3.63) is 71.7 Å². The molecular weight excluding hydrogens is 425 g/mol. The SMILES string of the molecule is COc1ccc(C2Cn3cnc(-c4nc(-c5cccc(C(F)(F)F)c5)no4)c3CO2)cc1. The van der Waals surface area contributed by atoms with E-state index in [0.29, 0.717) is 12.2 Å². The molecule has 3 heterocycles. The van der Waals surface area contributed by atoms with Crippen LogP contribution >= 0.6 is 0 Å². The van der Waals surface area contributed by atoms with E-state index in [9.17, 15) is 13.2 Å². The second-order valence-corrected chi connectivity index (χ2v) is 7.27. The Kier molecular flexibility index (Phi) is 4.93. The number of imidazole rings is 1. The number of methoxy groups -OCH3 is 1. The number of rotatable bonds is 4. The number of ether oxygens (including phenoxy) is 2. The standard InChI is InChI=1S/C22H17F3N4O3/c1-30-16-7-5-13(6-8-16)18-10-29-12-26-19(17(29)11-31-18)21-27-20(28-32-21)14-3-2-4-15(9-14)22(23,24)25/h2-9,12,18H,10-11H2,1H3. The van der Waals surface area contributed by atoms with Crippen LogP contribution < -0.4 is 4.74 Å². The van der Waals surface area contributed by atoms with Gasteiger partial charge in [-0.25, -0.2) is 4.98 Å². The van der Waals surface area contributed by atoms with Gasteiger partial charge in [0.1, 0.15) is 11.9 Å². The monoisotopic (exact) mass is 442 g/mol. The zero-order valence-electron chi connectivity index (χ0n) is 16.8. The van der Waals surface area contributed by atoms with Gasteiger partial charge < -0.3 is 18.6 Å². The van der Waals surface area contributed by atoms with Crippen molar-refractivity contribution < 1.29 is 27.2 Å². The van der Waals surface area contributed by atoms with Gasteiger partial charge in [0.05, 0.1) is 37.8 Å². The number of fused-ring (bicyclic) bond motifs is 1. The largest absolute Gasteiger partial charge is 0.497 e. The van der Waals surface area contributed by atoms with E-state index in [1.165, 1.54) is 12.1 Å². The van der Waals surface area contributed by atoms with Crippen LogP contribution in [0.2, 0.25) is 0 Å². The number of hydrogen-bond acceptors (Lipinski definition) is 6. The first-order valence-electron chi connectivity index (χ1n) is 9.73. The fourth-order valence-electron chi connectivity index (χ4n) is 3.60. The van der Waals surface area contributed by atoms with Gasteiger partial charge in [0.2, 0.25) is 5.82 Å². The molecular formula is C22H17F3N4O3. The zero-order chi connectivity index (χ0) is 22.3. The molecule has 32 heavy (non-hydrogen) atoms. The Bertz CT molecular complexity index is 1250. The predicted octanol–water partition coefficient (Wildman–Crippen LogP) is 4.90. The Labute approximate surface area is 180 Å². The molecule has 0 radical (unpaired) electrons. The summed E-state index contributed by atoms with van der Waals surface area (Å²) in [6, 6.07) is 12.4. The summed E-state index contributed by atoms with van der Waals surface area (Å²) in [6.07, 6.45) is -2.94. The molecule has 4 aromatic rings. The van der Waals surface area contributed by atoms with Gasteiger partial charge in [-0.15, -0.1) is 0 Å². The summed E-state index contributed by atoms with van der Waals surface area (Å²) in [5.74, 6) is 0.946. The highest BCUT2D eigenvalue weighted by Gasteiger charge is 2.31. The first-order chi connectivity index (χ1) is 15.4. The highest BCUT2D eigenvalue weighted by Crippen LogP contribution is 2.34. The van der Waals surface area contributed by atoms with Crippen molar-refractivity contribution in [3.8, 4) is 28.7 Å². The Morgan fingerprint density at radius 1 is 1.12 bits per heavy atom. The van der Waals surface area contributed by atoms with E-state index in [-0.39, 0.29) is 30.0 Å². The minimum absolute atomic E-state index is 0.0562. The molecule has 0 saturated carbocycles. The van der Waals surface area contributed by atoms with Crippen LogP contribution in [0.1, 0.15) is 22.9 Å². The number of aromatic nitrogens is 4. The van der Waals surface area contributed by atoms with E-state index in [0.717, 1.165) is 29.1 Å². The quantitative estimate of drug-likeness (QED) is 0.448. The topological polar surface area (TPSA) is 75.2 Å². The summed E-state index contributed by atoms with van der Waals surface area (Å²) in [4.78, 5) is 8.63. The van der Waals surface area contributed by atoms with E-state index < -0.39 is 11.7 Å². The number of nitrogens with zero attached hydrogens (tertiary/aromatic N) is 4. The average Bonchev–Trinajstić information content (AvgIpc) is 3.45. The fraction of sp³-hybridized carbons (Fsp3) is 0.227. The van der Waals surface area contributed by atoms with Gasteiger partial charge in [-0.1, -0.05) is 29.4 Å². The summed E-state index contributed by atoms with van der Waals surface area (Å²) in [6.45, 7) is 0.816. The van der Waals surface area contributed by atoms with Crippen LogP contribution in [0.25, 0.3) is 23.0 Å². The molecule has 10 heteroatoms. The normalized spacial score (nSPS) is 16.1. The van der Waals surface area contributed by atoms with Gasteiger partial charge >= 0.3 is 6.18 Å². The summed E-state index contributed by atoms with van der Waals surface area (Å²) in [5.41, 5.74) is 1.65. The lowest BCUT2D eigenvalue weighted by atomic mass is 10.1. The van der Waals surface area contributed by atoms with Crippen molar-refractivity contribution >= 4 is 0 Å². The Morgan fingerprint density at radius 2 is 1.94 bits per heavy atom. The third kappa shape index (κ3) is 3.73. The lowest BCUT2D eigenvalue weighted by Crippen LogP contribution is -2.20. The maximum Gasteiger partial charge on any atom is 0.416 e.